The van der Waals surface area contributed by atoms with Crippen LogP contribution in [0.3, 0.4) is 0 Å². The summed E-state index contributed by atoms with van der Waals surface area (Å²) in [5.41, 5.74) is 0.536. The Kier molecular flexibility index (Phi) is 5.38. The van der Waals surface area contributed by atoms with E-state index in [4.69, 9.17) is 9.84 Å². The van der Waals surface area contributed by atoms with Crippen molar-refractivity contribution in [3.05, 3.63) is 24.3 Å². The molecule has 0 aliphatic carbocycles. The summed E-state index contributed by atoms with van der Waals surface area (Å²) in [4.78, 5) is 13.2. The number of cyclic esters (lactones) is 1. The number of carbonyl (C=O) groups excluding carboxylic acids is 1. The third-order valence-electron chi connectivity index (χ3n) is 3.36. The van der Waals surface area contributed by atoms with Gasteiger partial charge in [-0.3, -0.25) is 4.90 Å². The highest BCUT2D eigenvalue weighted by atomic mass is 32.2. The highest BCUT2D eigenvalue weighted by molar-refractivity contribution is 7.89. The van der Waals surface area contributed by atoms with Crippen LogP contribution in [0.4, 0.5) is 10.5 Å². The molecule has 1 aliphatic rings. The molecule has 1 fully saturated rings. The molecule has 0 radical (unpaired) electrons. The third-order valence-corrected chi connectivity index (χ3v) is 4.84. The molecule has 7 nitrogen and oxygen atoms in total. The third kappa shape index (κ3) is 3.76. The van der Waals surface area contributed by atoms with Crippen LogP contribution < -0.4 is 9.62 Å². The van der Waals surface area contributed by atoms with Gasteiger partial charge in [-0.05, 0) is 30.7 Å². The van der Waals surface area contributed by atoms with Gasteiger partial charge in [0.1, 0.15) is 6.10 Å². The van der Waals surface area contributed by atoms with Gasteiger partial charge in [0.25, 0.3) is 0 Å². The molecule has 2 rings (SSSR count). The predicted octanol–water partition coefficient (Wildman–Crippen LogP) is 1.08. The number of unbranched alkanes of at least 4 members (excludes halogenated alkanes) is 1. The summed E-state index contributed by atoms with van der Waals surface area (Å²) in [6.07, 6.45) is 0.590. The Balaban J connectivity index is 2.09. The maximum atomic E-state index is 12.1. The van der Waals surface area contributed by atoms with Crippen LogP contribution in [0.25, 0.3) is 0 Å². The number of aliphatic hydroxyl groups is 1. The van der Waals surface area contributed by atoms with Gasteiger partial charge >= 0.3 is 6.09 Å². The quantitative estimate of drug-likeness (QED) is 0.730. The molecule has 1 aromatic rings. The molecule has 122 valence electrons. The lowest BCUT2D eigenvalue weighted by Gasteiger charge is -2.13. The van der Waals surface area contributed by atoms with Crippen LogP contribution in [-0.4, -0.2) is 45.4 Å². The summed E-state index contributed by atoms with van der Waals surface area (Å²) < 4.78 is 31.6. The average molecular weight is 328 g/mol. The molecular formula is C14H20N2O5S. The van der Waals surface area contributed by atoms with E-state index < -0.39 is 22.2 Å². The molecule has 1 amide bonds. The Bertz CT molecular complexity index is 615. The molecule has 2 N–H and O–H groups in total. The lowest BCUT2D eigenvalue weighted by Crippen LogP contribution is -2.26. The van der Waals surface area contributed by atoms with Crippen LogP contribution in [0, 0.1) is 0 Å². The summed E-state index contributed by atoms with van der Waals surface area (Å²) in [5.74, 6) is 0. The Morgan fingerprint density at radius 1 is 1.36 bits per heavy atom. The Labute approximate surface area is 129 Å². The first-order valence-electron chi connectivity index (χ1n) is 7.16. The summed E-state index contributed by atoms with van der Waals surface area (Å²) in [6, 6.07) is 6.00. The molecule has 0 saturated carbocycles. The van der Waals surface area contributed by atoms with Gasteiger partial charge in [-0.15, -0.1) is 0 Å². The van der Waals surface area contributed by atoms with Gasteiger partial charge in [0.05, 0.1) is 18.0 Å². The van der Waals surface area contributed by atoms with Crippen molar-refractivity contribution in [2.75, 3.05) is 24.6 Å². The van der Waals surface area contributed by atoms with Gasteiger partial charge in [-0.2, -0.15) is 0 Å². The second-order valence-electron chi connectivity index (χ2n) is 5.04. The van der Waals surface area contributed by atoms with Crippen molar-refractivity contribution in [3.63, 3.8) is 0 Å². The molecule has 1 saturated heterocycles. The number of nitrogens with one attached hydrogen (secondary N) is 1. The average Bonchev–Trinajstić information content (AvgIpc) is 2.89. The van der Waals surface area contributed by atoms with Gasteiger partial charge in [0.15, 0.2) is 0 Å². The molecule has 22 heavy (non-hydrogen) atoms. The first kappa shape index (κ1) is 16.7. The minimum atomic E-state index is -3.53. The van der Waals surface area contributed by atoms with E-state index in [0.717, 1.165) is 12.8 Å². The van der Waals surface area contributed by atoms with Crippen LogP contribution in [0.15, 0.2) is 29.2 Å². The molecule has 0 aromatic heterocycles. The van der Waals surface area contributed by atoms with Crippen molar-refractivity contribution < 1.29 is 23.1 Å². The highest BCUT2D eigenvalue weighted by Gasteiger charge is 2.31. The minimum absolute atomic E-state index is 0.152. The van der Waals surface area contributed by atoms with Crippen LogP contribution in [0.1, 0.15) is 19.8 Å². The molecule has 0 bridgehead atoms. The zero-order chi connectivity index (χ0) is 16.2. The molecule has 0 spiro atoms. The summed E-state index contributed by atoms with van der Waals surface area (Å²) in [7, 11) is -3.53. The normalized spacial score (nSPS) is 18.5. The van der Waals surface area contributed by atoms with Gasteiger partial charge < -0.3 is 9.84 Å². The first-order valence-corrected chi connectivity index (χ1v) is 8.65. The van der Waals surface area contributed by atoms with Crippen molar-refractivity contribution in [1.82, 2.24) is 4.72 Å². The van der Waals surface area contributed by atoms with Crippen molar-refractivity contribution in [1.29, 1.82) is 0 Å². The standard InChI is InChI=1S/C14H20N2O5S/c1-2-3-8-15-22(19,20)13-6-4-11(5-7-13)16-9-12(10-17)21-14(16)18/h4-7,12,15,17H,2-3,8-10H2,1H3/t12-/m0/s1. The van der Waals surface area contributed by atoms with E-state index in [0.29, 0.717) is 12.2 Å². The summed E-state index contributed by atoms with van der Waals surface area (Å²) >= 11 is 0. The molecule has 1 aromatic carbocycles. The van der Waals surface area contributed by atoms with E-state index in [2.05, 4.69) is 4.72 Å². The minimum Gasteiger partial charge on any atom is -0.441 e. The monoisotopic (exact) mass is 328 g/mol. The van der Waals surface area contributed by atoms with Gasteiger partial charge in [0.2, 0.25) is 10.0 Å². The van der Waals surface area contributed by atoms with Crippen LogP contribution in [0.2, 0.25) is 0 Å². The molecular weight excluding hydrogens is 308 g/mol. The number of anilines is 1. The predicted molar refractivity (Wildman–Crippen MR) is 81.2 cm³/mol. The number of amides is 1. The lowest BCUT2D eigenvalue weighted by atomic mass is 10.3. The fraction of sp³-hybridized carbons (Fsp3) is 0.500. The van der Waals surface area contributed by atoms with E-state index in [1.54, 1.807) is 12.1 Å². The molecule has 8 heteroatoms. The maximum Gasteiger partial charge on any atom is 0.414 e. The number of benzene rings is 1. The number of aliphatic hydroxyl groups excluding tert-OH is 1. The lowest BCUT2D eigenvalue weighted by molar-refractivity contribution is 0.0963. The fourth-order valence-corrected chi connectivity index (χ4v) is 3.17. The van der Waals surface area contributed by atoms with Crippen LogP contribution in [-0.2, 0) is 14.8 Å². The number of rotatable bonds is 7. The zero-order valence-electron chi connectivity index (χ0n) is 12.4. The van der Waals surface area contributed by atoms with Gasteiger partial charge in [-0.25, -0.2) is 17.9 Å². The number of hydrogen-bond donors (Lipinski definition) is 2. The maximum absolute atomic E-state index is 12.1. The summed E-state index contributed by atoms with van der Waals surface area (Å²) in [6.45, 7) is 2.39. The first-order chi connectivity index (χ1) is 10.5. The van der Waals surface area contributed by atoms with Gasteiger partial charge in [0, 0.05) is 12.2 Å². The van der Waals surface area contributed by atoms with Crippen LogP contribution in [0.5, 0.6) is 0 Å². The molecule has 1 atom stereocenters. The smallest absolute Gasteiger partial charge is 0.414 e. The van der Waals surface area contributed by atoms with Crippen LogP contribution >= 0.6 is 0 Å². The Morgan fingerprint density at radius 2 is 2.05 bits per heavy atom. The number of sulfonamides is 1. The van der Waals surface area contributed by atoms with Crippen molar-refractivity contribution in [3.8, 4) is 0 Å². The van der Waals surface area contributed by atoms with Crippen molar-refractivity contribution in [2.45, 2.75) is 30.8 Å². The Hall–Kier alpha value is -1.64. The fourth-order valence-electron chi connectivity index (χ4n) is 2.10. The number of carbonyl (C=O) groups is 1. The van der Waals surface area contributed by atoms with Crippen molar-refractivity contribution in [2.24, 2.45) is 0 Å². The van der Waals surface area contributed by atoms with E-state index in [1.165, 1.54) is 17.0 Å². The molecule has 1 heterocycles. The molecule has 1 aliphatic heterocycles. The van der Waals surface area contributed by atoms with Crippen molar-refractivity contribution >= 4 is 21.8 Å². The van der Waals surface area contributed by atoms with E-state index in [9.17, 15) is 13.2 Å². The number of nitrogens with zero attached hydrogens (tertiary/aromatic N) is 1. The Morgan fingerprint density at radius 3 is 2.59 bits per heavy atom. The molecule has 0 unspecified atom stereocenters. The van der Waals surface area contributed by atoms with E-state index in [-0.39, 0.29) is 18.0 Å². The number of ether oxygens (including phenoxy) is 1. The van der Waals surface area contributed by atoms with E-state index >= 15 is 0 Å². The highest BCUT2D eigenvalue weighted by Crippen LogP contribution is 2.23. The second-order valence-corrected chi connectivity index (χ2v) is 6.81. The SMILES string of the molecule is CCCCNS(=O)(=O)c1ccc(N2C[C@@H](CO)OC2=O)cc1. The zero-order valence-corrected chi connectivity index (χ0v) is 13.2. The number of hydrogen-bond acceptors (Lipinski definition) is 5. The second kappa shape index (κ2) is 7.08. The van der Waals surface area contributed by atoms with E-state index in [1.807, 2.05) is 6.92 Å². The largest absolute Gasteiger partial charge is 0.441 e. The van der Waals surface area contributed by atoms with Gasteiger partial charge in [-0.1, -0.05) is 13.3 Å². The topological polar surface area (TPSA) is 95.9 Å². The summed E-state index contributed by atoms with van der Waals surface area (Å²) in [5, 5.41) is 9.01.